The minimum atomic E-state index is -0.230. The normalized spacial score (nSPS) is 10.6. The number of hydrogen-bond acceptors (Lipinski definition) is 6. The highest BCUT2D eigenvalue weighted by atomic mass is 79.9. The van der Waals surface area contributed by atoms with Gasteiger partial charge in [-0.1, -0.05) is 0 Å². The summed E-state index contributed by atoms with van der Waals surface area (Å²) in [5, 5.41) is 2.78. The number of ether oxygens (including phenoxy) is 2. The van der Waals surface area contributed by atoms with Gasteiger partial charge in [-0.05, 0) is 48.0 Å². The molecule has 0 saturated heterocycles. The van der Waals surface area contributed by atoms with Crippen LogP contribution >= 0.6 is 15.9 Å². The lowest BCUT2D eigenvalue weighted by atomic mass is 10.0. The number of nitrogen functional groups attached to an aromatic ring is 1. The average molecular weight is 409 g/mol. The van der Waals surface area contributed by atoms with E-state index < -0.39 is 0 Å². The van der Waals surface area contributed by atoms with E-state index in [1.165, 1.54) is 0 Å². The van der Waals surface area contributed by atoms with Crippen molar-refractivity contribution in [2.24, 2.45) is 0 Å². The summed E-state index contributed by atoms with van der Waals surface area (Å²) >= 11 is 3.48. The molecule has 134 valence electrons. The van der Waals surface area contributed by atoms with Gasteiger partial charge < -0.3 is 20.5 Å². The summed E-state index contributed by atoms with van der Waals surface area (Å²) in [6.07, 6.45) is 0. The van der Waals surface area contributed by atoms with Crippen LogP contribution in [0.5, 0.6) is 5.75 Å². The van der Waals surface area contributed by atoms with Gasteiger partial charge >= 0.3 is 0 Å². The Morgan fingerprint density at radius 3 is 2.72 bits per heavy atom. The summed E-state index contributed by atoms with van der Waals surface area (Å²) in [4.78, 5) is 20.8. The van der Waals surface area contributed by atoms with Crippen LogP contribution in [0.25, 0.3) is 11.3 Å². The van der Waals surface area contributed by atoms with Gasteiger partial charge in [-0.3, -0.25) is 4.79 Å². The molecular formula is C17H21BrN4O3. The molecule has 1 aromatic heterocycles. The molecule has 0 radical (unpaired) electrons. The van der Waals surface area contributed by atoms with Crippen LogP contribution in [0, 0.1) is 6.92 Å². The molecule has 0 atom stereocenters. The smallest absolute Gasteiger partial charge is 0.255 e. The Morgan fingerprint density at radius 1 is 1.32 bits per heavy atom. The Hall–Kier alpha value is -2.19. The Kier molecular flexibility index (Phi) is 6.72. The number of anilines is 1. The number of nitrogens with one attached hydrogen (secondary N) is 1. The van der Waals surface area contributed by atoms with Crippen LogP contribution in [0.3, 0.4) is 0 Å². The molecule has 2 rings (SSSR count). The predicted molar refractivity (Wildman–Crippen MR) is 99.7 cm³/mol. The zero-order valence-electron chi connectivity index (χ0n) is 14.4. The van der Waals surface area contributed by atoms with E-state index in [9.17, 15) is 4.79 Å². The lowest BCUT2D eigenvalue weighted by Crippen LogP contribution is -2.25. The SMILES string of the molecule is CCNC(=O)c1c(C)nc(N)nc1-c1ccc(OCCOC)c(Br)c1. The fourth-order valence-electron chi connectivity index (χ4n) is 2.32. The fraction of sp³-hybridized carbons (Fsp3) is 0.353. The van der Waals surface area contributed by atoms with E-state index >= 15 is 0 Å². The number of methoxy groups -OCH3 is 1. The first kappa shape index (κ1) is 19.1. The maximum absolute atomic E-state index is 12.4. The number of amides is 1. The minimum Gasteiger partial charge on any atom is -0.490 e. The third kappa shape index (κ3) is 4.67. The molecule has 1 aromatic carbocycles. The van der Waals surface area contributed by atoms with Gasteiger partial charge in [0.25, 0.3) is 5.91 Å². The summed E-state index contributed by atoms with van der Waals surface area (Å²) in [7, 11) is 1.62. The van der Waals surface area contributed by atoms with Crippen molar-refractivity contribution in [3.05, 3.63) is 33.9 Å². The lowest BCUT2D eigenvalue weighted by molar-refractivity contribution is 0.0955. The third-order valence-corrected chi connectivity index (χ3v) is 4.04. The fourth-order valence-corrected chi connectivity index (χ4v) is 2.82. The molecule has 0 fully saturated rings. The van der Waals surface area contributed by atoms with Gasteiger partial charge in [0.2, 0.25) is 5.95 Å². The lowest BCUT2D eigenvalue weighted by Gasteiger charge is -2.13. The predicted octanol–water partition coefficient (Wildman–Crippen LogP) is 2.57. The van der Waals surface area contributed by atoms with E-state index in [0.29, 0.717) is 42.5 Å². The van der Waals surface area contributed by atoms with Gasteiger partial charge in [0.05, 0.1) is 28.0 Å². The Labute approximate surface area is 155 Å². The van der Waals surface area contributed by atoms with Crippen LogP contribution in [0.1, 0.15) is 23.0 Å². The Balaban J connectivity index is 2.44. The van der Waals surface area contributed by atoms with E-state index in [4.69, 9.17) is 15.2 Å². The quantitative estimate of drug-likeness (QED) is 0.682. The van der Waals surface area contributed by atoms with Crippen LogP contribution < -0.4 is 15.8 Å². The maximum Gasteiger partial charge on any atom is 0.255 e. The summed E-state index contributed by atoms with van der Waals surface area (Å²) in [6.45, 7) is 5.05. The molecule has 1 amide bonds. The highest BCUT2D eigenvalue weighted by Gasteiger charge is 2.19. The molecule has 25 heavy (non-hydrogen) atoms. The molecule has 0 spiro atoms. The topological polar surface area (TPSA) is 99.4 Å². The highest BCUT2D eigenvalue weighted by Crippen LogP contribution is 2.32. The maximum atomic E-state index is 12.4. The van der Waals surface area contributed by atoms with E-state index in [2.05, 4.69) is 31.2 Å². The number of halogens is 1. The minimum absolute atomic E-state index is 0.122. The first-order valence-electron chi connectivity index (χ1n) is 7.81. The number of nitrogens with two attached hydrogens (primary N) is 1. The van der Waals surface area contributed by atoms with Crippen molar-refractivity contribution in [1.82, 2.24) is 15.3 Å². The summed E-state index contributed by atoms with van der Waals surface area (Å²) < 4.78 is 11.3. The number of hydrogen-bond donors (Lipinski definition) is 2. The van der Waals surface area contributed by atoms with Crippen molar-refractivity contribution in [3.63, 3.8) is 0 Å². The second-order valence-corrected chi connectivity index (χ2v) is 6.09. The van der Waals surface area contributed by atoms with Crippen LogP contribution in [-0.4, -0.2) is 42.7 Å². The molecule has 0 aliphatic carbocycles. The molecule has 1 heterocycles. The van der Waals surface area contributed by atoms with Gasteiger partial charge in [-0.25, -0.2) is 9.97 Å². The molecule has 8 heteroatoms. The second-order valence-electron chi connectivity index (χ2n) is 5.24. The highest BCUT2D eigenvalue weighted by molar-refractivity contribution is 9.10. The molecule has 7 nitrogen and oxygen atoms in total. The van der Waals surface area contributed by atoms with Gasteiger partial charge in [-0.15, -0.1) is 0 Å². The van der Waals surface area contributed by atoms with Crippen molar-refractivity contribution in [1.29, 1.82) is 0 Å². The third-order valence-electron chi connectivity index (χ3n) is 3.42. The molecule has 0 aliphatic rings. The van der Waals surface area contributed by atoms with Gasteiger partial charge in [-0.2, -0.15) is 0 Å². The molecular weight excluding hydrogens is 388 g/mol. The number of benzene rings is 1. The molecule has 0 saturated carbocycles. The zero-order valence-corrected chi connectivity index (χ0v) is 16.0. The van der Waals surface area contributed by atoms with Crippen LogP contribution in [-0.2, 0) is 4.74 Å². The first-order valence-corrected chi connectivity index (χ1v) is 8.61. The van der Waals surface area contributed by atoms with E-state index in [-0.39, 0.29) is 11.9 Å². The van der Waals surface area contributed by atoms with Gasteiger partial charge in [0.15, 0.2) is 0 Å². The Morgan fingerprint density at radius 2 is 2.08 bits per heavy atom. The van der Waals surface area contributed by atoms with Gasteiger partial charge in [0, 0.05) is 19.2 Å². The van der Waals surface area contributed by atoms with Crippen LogP contribution in [0.2, 0.25) is 0 Å². The van der Waals surface area contributed by atoms with Crippen LogP contribution in [0.15, 0.2) is 22.7 Å². The largest absolute Gasteiger partial charge is 0.490 e. The molecule has 0 aliphatic heterocycles. The second kappa shape index (κ2) is 8.77. The van der Waals surface area contributed by atoms with E-state index in [1.54, 1.807) is 14.0 Å². The summed E-state index contributed by atoms with van der Waals surface area (Å²) in [5.74, 6) is 0.572. The number of aromatic nitrogens is 2. The van der Waals surface area contributed by atoms with Crippen molar-refractivity contribution in [2.45, 2.75) is 13.8 Å². The monoisotopic (exact) mass is 408 g/mol. The number of rotatable bonds is 7. The molecule has 0 unspecified atom stereocenters. The van der Waals surface area contributed by atoms with Crippen LogP contribution in [0.4, 0.5) is 5.95 Å². The summed E-state index contributed by atoms with van der Waals surface area (Å²) in [5.41, 5.74) is 7.96. The van der Waals surface area contributed by atoms with Gasteiger partial charge in [0.1, 0.15) is 12.4 Å². The standard InChI is InChI=1S/C17H21BrN4O3/c1-4-20-16(23)14-10(2)21-17(19)22-15(14)11-5-6-13(12(18)9-11)25-8-7-24-3/h5-6,9H,4,7-8H2,1-3H3,(H,20,23)(H2,19,21,22). The van der Waals surface area contributed by atoms with Crippen molar-refractivity contribution < 1.29 is 14.3 Å². The zero-order chi connectivity index (χ0) is 18.4. The van der Waals surface area contributed by atoms with E-state index in [0.717, 1.165) is 10.0 Å². The number of carbonyl (C=O) groups excluding carboxylic acids is 1. The van der Waals surface area contributed by atoms with Crippen molar-refractivity contribution in [3.8, 4) is 17.0 Å². The van der Waals surface area contributed by atoms with Crippen molar-refractivity contribution in [2.75, 3.05) is 32.6 Å². The molecule has 3 N–H and O–H groups in total. The molecule has 0 bridgehead atoms. The Bertz CT molecular complexity index is 768. The number of nitrogens with zero attached hydrogens (tertiary/aromatic N) is 2. The summed E-state index contributed by atoms with van der Waals surface area (Å²) in [6, 6.07) is 5.48. The number of aryl methyl sites for hydroxylation is 1. The average Bonchev–Trinajstić information content (AvgIpc) is 2.55. The first-order chi connectivity index (χ1) is 12.0. The molecule has 2 aromatic rings. The van der Waals surface area contributed by atoms with Crippen molar-refractivity contribution >= 4 is 27.8 Å². The number of carbonyl (C=O) groups is 1. The van der Waals surface area contributed by atoms with E-state index in [1.807, 2.05) is 25.1 Å².